The van der Waals surface area contributed by atoms with Gasteiger partial charge in [0.25, 0.3) is 0 Å². The minimum Gasteiger partial charge on any atom is -0.485 e. The molecule has 150 valence electrons. The number of ether oxygens (including phenoxy) is 4. The second-order valence-corrected chi connectivity index (χ2v) is 8.93. The van der Waals surface area contributed by atoms with E-state index in [1.807, 2.05) is 47.2 Å². The molecule has 0 aliphatic carbocycles. The summed E-state index contributed by atoms with van der Waals surface area (Å²) in [5.74, 6) is 3.16. The highest BCUT2D eigenvalue weighted by atomic mass is 32.1. The molecular formula is C24H18O4S2. The van der Waals surface area contributed by atoms with Crippen LogP contribution in [0.25, 0.3) is 9.75 Å². The van der Waals surface area contributed by atoms with Gasteiger partial charge in [-0.25, -0.2) is 0 Å². The van der Waals surface area contributed by atoms with Crippen LogP contribution in [0.4, 0.5) is 0 Å². The maximum Gasteiger partial charge on any atom is 0.181 e. The maximum atomic E-state index is 6.39. The summed E-state index contributed by atoms with van der Waals surface area (Å²) in [4.78, 5) is 2.05. The zero-order valence-electron chi connectivity index (χ0n) is 15.9. The first kappa shape index (κ1) is 17.9. The molecule has 2 atom stereocenters. The lowest BCUT2D eigenvalue weighted by molar-refractivity contribution is 0.0915. The third kappa shape index (κ3) is 3.04. The van der Waals surface area contributed by atoms with E-state index in [0.717, 1.165) is 43.9 Å². The molecule has 0 radical (unpaired) electrons. The molecule has 0 spiro atoms. The molecule has 2 aliphatic rings. The Morgan fingerprint density at radius 1 is 0.600 bits per heavy atom. The molecule has 0 saturated carbocycles. The Morgan fingerprint density at radius 2 is 1.17 bits per heavy atom. The first-order chi connectivity index (χ1) is 14.9. The van der Waals surface area contributed by atoms with Crippen molar-refractivity contribution in [3.05, 3.63) is 82.6 Å². The van der Waals surface area contributed by atoms with Crippen LogP contribution >= 0.6 is 22.7 Å². The zero-order valence-corrected chi connectivity index (χ0v) is 17.6. The summed E-state index contributed by atoms with van der Waals surface area (Å²) >= 11 is 3.23. The van der Waals surface area contributed by atoms with Gasteiger partial charge in [0.05, 0.1) is 9.75 Å². The van der Waals surface area contributed by atoms with Crippen LogP contribution in [0.15, 0.2) is 71.4 Å². The van der Waals surface area contributed by atoms with Crippen molar-refractivity contribution in [1.29, 1.82) is 0 Å². The normalized spacial score (nSPS) is 19.5. The Bertz CT molecular complexity index is 1170. The van der Waals surface area contributed by atoms with Crippen molar-refractivity contribution in [3.63, 3.8) is 0 Å². The van der Waals surface area contributed by atoms with E-state index >= 15 is 0 Å². The average Bonchev–Trinajstić information content (AvgIpc) is 3.43. The monoisotopic (exact) mass is 434 g/mol. The fourth-order valence-electron chi connectivity index (χ4n) is 3.76. The third-order valence-electron chi connectivity index (χ3n) is 5.28. The second-order valence-electron chi connectivity index (χ2n) is 7.17. The fraction of sp³-hybridized carbons (Fsp3) is 0.167. The molecule has 4 nitrogen and oxygen atoms in total. The molecule has 0 N–H and O–H groups in total. The van der Waals surface area contributed by atoms with Gasteiger partial charge in [-0.1, -0.05) is 60.7 Å². The highest BCUT2D eigenvalue weighted by molar-refractivity contribution is 7.21. The van der Waals surface area contributed by atoms with E-state index in [1.165, 1.54) is 0 Å². The van der Waals surface area contributed by atoms with Gasteiger partial charge >= 0.3 is 0 Å². The van der Waals surface area contributed by atoms with E-state index in [-0.39, 0.29) is 12.2 Å². The highest BCUT2D eigenvalue weighted by Gasteiger charge is 2.32. The van der Waals surface area contributed by atoms with E-state index in [0.29, 0.717) is 13.2 Å². The van der Waals surface area contributed by atoms with Gasteiger partial charge in [-0.3, -0.25) is 0 Å². The molecule has 30 heavy (non-hydrogen) atoms. The molecule has 0 saturated heterocycles. The first-order valence-corrected chi connectivity index (χ1v) is 11.5. The van der Waals surface area contributed by atoms with Gasteiger partial charge in [0, 0.05) is 10.8 Å². The molecule has 6 heteroatoms. The molecule has 2 aromatic carbocycles. The fourth-order valence-corrected chi connectivity index (χ4v) is 5.76. The van der Waals surface area contributed by atoms with Crippen molar-refractivity contribution in [2.45, 2.75) is 12.2 Å². The molecule has 2 aliphatic heterocycles. The van der Waals surface area contributed by atoms with Crippen LogP contribution in [-0.4, -0.2) is 13.2 Å². The quantitative estimate of drug-likeness (QED) is 0.369. The molecule has 6 rings (SSSR count). The van der Waals surface area contributed by atoms with Crippen molar-refractivity contribution < 1.29 is 18.9 Å². The summed E-state index contributed by atoms with van der Waals surface area (Å²) in [6.45, 7) is 0.992. The summed E-state index contributed by atoms with van der Waals surface area (Å²) in [7, 11) is 0. The van der Waals surface area contributed by atoms with Crippen LogP contribution < -0.4 is 18.9 Å². The lowest BCUT2D eigenvalue weighted by atomic mass is 10.1. The number of fused-ring (bicyclic) bond motifs is 2. The number of hydrogen-bond acceptors (Lipinski definition) is 6. The van der Waals surface area contributed by atoms with Crippen molar-refractivity contribution >= 4 is 22.7 Å². The predicted molar refractivity (Wildman–Crippen MR) is 118 cm³/mol. The molecule has 4 heterocycles. The second kappa shape index (κ2) is 7.38. The Labute approximate surface area is 182 Å². The average molecular weight is 435 g/mol. The Kier molecular flexibility index (Phi) is 4.39. The summed E-state index contributed by atoms with van der Waals surface area (Å²) < 4.78 is 24.8. The minimum absolute atomic E-state index is 0.0968. The lowest BCUT2D eigenvalue weighted by Gasteiger charge is -2.27. The molecule has 2 aromatic heterocycles. The Balaban J connectivity index is 1.30. The molecule has 2 unspecified atom stereocenters. The summed E-state index contributed by atoms with van der Waals surface area (Å²) in [5.41, 5.74) is 2.23. The topological polar surface area (TPSA) is 36.9 Å². The van der Waals surface area contributed by atoms with Crippen molar-refractivity contribution in [2.75, 3.05) is 13.2 Å². The number of rotatable bonds is 3. The van der Waals surface area contributed by atoms with Crippen molar-refractivity contribution in [2.24, 2.45) is 0 Å². The van der Waals surface area contributed by atoms with E-state index in [9.17, 15) is 0 Å². The van der Waals surface area contributed by atoms with E-state index in [1.54, 1.807) is 22.7 Å². The van der Waals surface area contributed by atoms with Crippen LogP contribution in [0, 0.1) is 0 Å². The standard InChI is InChI=1S/C24H18O4S2/c1-3-7-15(8-4-1)17-12-26-21-20(27-17)14-30-23(21)24-22-19(13-29-24)25-11-18(28-22)16-9-5-2-6-10-16/h1-10,13-14,17-18H,11-12H2. The minimum atomic E-state index is -0.123. The Hall–Kier alpha value is -2.96. The largest absolute Gasteiger partial charge is 0.485 e. The van der Waals surface area contributed by atoms with Crippen LogP contribution in [0.2, 0.25) is 0 Å². The van der Waals surface area contributed by atoms with Gasteiger partial charge in [0.1, 0.15) is 13.2 Å². The molecule has 0 fully saturated rings. The van der Waals surface area contributed by atoms with Gasteiger partial charge in [0.15, 0.2) is 35.2 Å². The summed E-state index contributed by atoms with van der Waals surface area (Å²) in [6, 6.07) is 20.4. The van der Waals surface area contributed by atoms with E-state index < -0.39 is 0 Å². The van der Waals surface area contributed by atoms with E-state index in [4.69, 9.17) is 18.9 Å². The van der Waals surface area contributed by atoms with Gasteiger partial charge < -0.3 is 18.9 Å². The molecular weight excluding hydrogens is 416 g/mol. The van der Waals surface area contributed by atoms with Gasteiger partial charge in [-0.05, 0) is 11.1 Å². The van der Waals surface area contributed by atoms with Crippen LogP contribution in [0.1, 0.15) is 23.3 Å². The van der Waals surface area contributed by atoms with E-state index in [2.05, 4.69) is 24.3 Å². The van der Waals surface area contributed by atoms with Crippen LogP contribution in [0.5, 0.6) is 23.0 Å². The maximum absolute atomic E-state index is 6.39. The Morgan fingerprint density at radius 3 is 1.87 bits per heavy atom. The number of hydrogen-bond donors (Lipinski definition) is 0. The summed E-state index contributed by atoms with van der Waals surface area (Å²) in [6.07, 6.45) is -0.220. The SMILES string of the molecule is c1ccc(C2COc3c(csc3-c3scc4c3OC(c3ccccc3)CO4)O2)cc1. The molecule has 4 aromatic rings. The van der Waals surface area contributed by atoms with Crippen molar-refractivity contribution in [3.8, 4) is 32.8 Å². The first-order valence-electron chi connectivity index (χ1n) is 9.79. The highest BCUT2D eigenvalue weighted by Crippen LogP contribution is 2.56. The predicted octanol–water partition coefficient (Wildman–Crippen LogP) is 6.50. The smallest absolute Gasteiger partial charge is 0.181 e. The number of benzene rings is 2. The van der Waals surface area contributed by atoms with Crippen LogP contribution in [-0.2, 0) is 0 Å². The van der Waals surface area contributed by atoms with Gasteiger partial charge in [-0.2, -0.15) is 0 Å². The van der Waals surface area contributed by atoms with Gasteiger partial charge in [0.2, 0.25) is 0 Å². The summed E-state index contributed by atoms with van der Waals surface area (Å²) in [5, 5.41) is 4.03. The van der Waals surface area contributed by atoms with Gasteiger partial charge in [-0.15, -0.1) is 22.7 Å². The molecule has 0 bridgehead atoms. The van der Waals surface area contributed by atoms with Crippen molar-refractivity contribution in [1.82, 2.24) is 0 Å². The zero-order chi connectivity index (χ0) is 19.9. The number of thiophene rings is 2. The van der Waals surface area contributed by atoms with Crippen LogP contribution in [0.3, 0.4) is 0 Å². The molecule has 0 amide bonds. The lowest BCUT2D eigenvalue weighted by Crippen LogP contribution is -2.21. The third-order valence-corrected chi connectivity index (χ3v) is 7.32.